The lowest BCUT2D eigenvalue weighted by atomic mass is 10.1. The van der Waals surface area contributed by atoms with Crippen LogP contribution in [-0.2, 0) is 6.42 Å². The van der Waals surface area contributed by atoms with Crippen LogP contribution < -0.4 is 5.32 Å². The molecule has 0 fully saturated rings. The number of aromatic nitrogens is 2. The molecule has 1 N–H and O–H groups in total. The van der Waals surface area contributed by atoms with Gasteiger partial charge in [-0.15, -0.1) is 0 Å². The van der Waals surface area contributed by atoms with E-state index in [9.17, 15) is 0 Å². The Hall–Kier alpha value is -1.77. The summed E-state index contributed by atoms with van der Waals surface area (Å²) in [5.74, 6) is 0.906. The van der Waals surface area contributed by atoms with Crippen molar-refractivity contribution in [1.29, 1.82) is 0 Å². The van der Waals surface area contributed by atoms with Gasteiger partial charge in [-0.25, -0.2) is 4.98 Å². The van der Waals surface area contributed by atoms with Crippen LogP contribution in [0.3, 0.4) is 0 Å². The fourth-order valence-electron chi connectivity index (χ4n) is 1.83. The number of imidazole rings is 1. The zero-order valence-electron chi connectivity index (χ0n) is 9.77. The summed E-state index contributed by atoms with van der Waals surface area (Å²) >= 11 is 0. The van der Waals surface area contributed by atoms with Gasteiger partial charge in [0.1, 0.15) is 0 Å². The summed E-state index contributed by atoms with van der Waals surface area (Å²) < 4.78 is 2.10. The van der Waals surface area contributed by atoms with Gasteiger partial charge < -0.3 is 5.32 Å². The van der Waals surface area contributed by atoms with Crippen molar-refractivity contribution in [3.63, 3.8) is 0 Å². The Morgan fingerprint density at radius 1 is 1.25 bits per heavy atom. The molecule has 0 amide bonds. The van der Waals surface area contributed by atoms with Crippen molar-refractivity contribution in [2.75, 3.05) is 11.9 Å². The minimum absolute atomic E-state index is 0.880. The Morgan fingerprint density at radius 3 is 2.81 bits per heavy atom. The Labute approximate surface area is 96.1 Å². The molecule has 0 atom stereocenters. The first-order chi connectivity index (χ1) is 7.86. The molecule has 0 radical (unpaired) electrons. The molecule has 3 heteroatoms. The summed E-state index contributed by atoms with van der Waals surface area (Å²) in [6.45, 7) is 5.12. The van der Waals surface area contributed by atoms with E-state index in [0.717, 1.165) is 18.9 Å². The quantitative estimate of drug-likeness (QED) is 0.850. The molecule has 0 saturated heterocycles. The monoisotopic (exact) mass is 215 g/mol. The second-order valence-electron chi connectivity index (χ2n) is 3.63. The Morgan fingerprint density at radius 2 is 2.06 bits per heavy atom. The van der Waals surface area contributed by atoms with Crippen molar-refractivity contribution >= 4 is 5.95 Å². The highest BCUT2D eigenvalue weighted by molar-refractivity contribution is 5.47. The van der Waals surface area contributed by atoms with Gasteiger partial charge in [0.15, 0.2) is 0 Å². The largest absolute Gasteiger partial charge is 0.356 e. The van der Waals surface area contributed by atoms with E-state index < -0.39 is 0 Å². The highest BCUT2D eigenvalue weighted by Crippen LogP contribution is 2.19. The molecule has 16 heavy (non-hydrogen) atoms. The molecule has 0 aliphatic carbocycles. The average Bonchev–Trinajstić information content (AvgIpc) is 2.77. The van der Waals surface area contributed by atoms with Gasteiger partial charge in [-0.05, 0) is 25.0 Å². The zero-order chi connectivity index (χ0) is 11.4. The van der Waals surface area contributed by atoms with Crippen LogP contribution in [0.1, 0.15) is 19.4 Å². The van der Waals surface area contributed by atoms with Crippen molar-refractivity contribution in [2.45, 2.75) is 20.3 Å². The Kier molecular flexibility index (Phi) is 3.25. The van der Waals surface area contributed by atoms with Crippen LogP contribution in [0.2, 0.25) is 0 Å². The number of hydrogen-bond donors (Lipinski definition) is 1. The third-order valence-corrected chi connectivity index (χ3v) is 2.61. The first-order valence-electron chi connectivity index (χ1n) is 5.72. The van der Waals surface area contributed by atoms with Crippen LogP contribution in [0.15, 0.2) is 36.7 Å². The highest BCUT2D eigenvalue weighted by atomic mass is 15.2. The summed E-state index contributed by atoms with van der Waals surface area (Å²) in [4.78, 5) is 4.31. The number of anilines is 1. The van der Waals surface area contributed by atoms with E-state index in [1.54, 1.807) is 0 Å². The van der Waals surface area contributed by atoms with Crippen molar-refractivity contribution in [2.24, 2.45) is 0 Å². The van der Waals surface area contributed by atoms with Crippen molar-refractivity contribution in [1.82, 2.24) is 9.55 Å². The van der Waals surface area contributed by atoms with E-state index in [1.807, 2.05) is 12.4 Å². The molecule has 0 bridgehead atoms. The molecule has 2 aromatic rings. The van der Waals surface area contributed by atoms with Crippen molar-refractivity contribution in [3.05, 3.63) is 42.2 Å². The minimum atomic E-state index is 0.880. The normalized spacial score (nSPS) is 10.4. The third kappa shape index (κ3) is 1.94. The lowest BCUT2D eigenvalue weighted by molar-refractivity contribution is 0.987. The second-order valence-corrected chi connectivity index (χ2v) is 3.63. The molecule has 1 aromatic carbocycles. The Balaban J connectivity index is 2.45. The molecule has 0 saturated carbocycles. The maximum atomic E-state index is 4.31. The van der Waals surface area contributed by atoms with Crippen LogP contribution in [0.4, 0.5) is 5.95 Å². The number of rotatable bonds is 4. The molecule has 1 heterocycles. The maximum Gasteiger partial charge on any atom is 0.207 e. The highest BCUT2D eigenvalue weighted by Gasteiger charge is 2.06. The molecule has 3 nitrogen and oxygen atoms in total. The SMILES string of the molecule is CCNc1nccn1-c1ccccc1CC. The van der Waals surface area contributed by atoms with Crippen LogP contribution in [0.5, 0.6) is 0 Å². The van der Waals surface area contributed by atoms with Crippen molar-refractivity contribution < 1.29 is 0 Å². The number of hydrogen-bond acceptors (Lipinski definition) is 2. The fraction of sp³-hybridized carbons (Fsp3) is 0.308. The predicted octanol–water partition coefficient (Wildman–Crippen LogP) is 2.87. The smallest absolute Gasteiger partial charge is 0.207 e. The summed E-state index contributed by atoms with van der Waals surface area (Å²) in [6.07, 6.45) is 4.84. The van der Waals surface area contributed by atoms with E-state index in [0.29, 0.717) is 0 Å². The van der Waals surface area contributed by atoms with Crippen molar-refractivity contribution in [3.8, 4) is 5.69 Å². The molecule has 0 spiro atoms. The van der Waals surface area contributed by atoms with Gasteiger partial charge in [-0.2, -0.15) is 0 Å². The van der Waals surface area contributed by atoms with E-state index in [4.69, 9.17) is 0 Å². The average molecular weight is 215 g/mol. The summed E-state index contributed by atoms with van der Waals surface area (Å²) in [6, 6.07) is 8.42. The summed E-state index contributed by atoms with van der Waals surface area (Å²) in [5, 5.41) is 3.26. The van der Waals surface area contributed by atoms with Crippen LogP contribution in [0.25, 0.3) is 5.69 Å². The van der Waals surface area contributed by atoms with Crippen LogP contribution >= 0.6 is 0 Å². The molecule has 0 unspecified atom stereocenters. The topological polar surface area (TPSA) is 29.9 Å². The lowest BCUT2D eigenvalue weighted by Crippen LogP contribution is -2.06. The van der Waals surface area contributed by atoms with E-state index >= 15 is 0 Å². The molecular formula is C13H17N3. The van der Waals surface area contributed by atoms with Gasteiger partial charge in [0.05, 0.1) is 5.69 Å². The molecule has 2 rings (SSSR count). The van der Waals surface area contributed by atoms with E-state index in [1.165, 1.54) is 11.3 Å². The van der Waals surface area contributed by atoms with E-state index in [2.05, 4.69) is 53.0 Å². The van der Waals surface area contributed by atoms with Gasteiger partial charge in [0, 0.05) is 18.9 Å². The maximum absolute atomic E-state index is 4.31. The van der Waals surface area contributed by atoms with Gasteiger partial charge in [0.25, 0.3) is 0 Å². The molecular weight excluding hydrogens is 198 g/mol. The number of para-hydroxylation sites is 1. The number of nitrogens with zero attached hydrogens (tertiary/aromatic N) is 2. The molecule has 0 aliphatic heterocycles. The van der Waals surface area contributed by atoms with Gasteiger partial charge in [-0.1, -0.05) is 25.1 Å². The molecule has 0 aliphatic rings. The number of benzene rings is 1. The van der Waals surface area contributed by atoms with Crippen LogP contribution in [0, 0.1) is 0 Å². The number of nitrogens with one attached hydrogen (secondary N) is 1. The third-order valence-electron chi connectivity index (χ3n) is 2.61. The standard InChI is InChI=1S/C13H17N3/c1-3-11-7-5-6-8-12(11)16-10-9-15-13(16)14-4-2/h5-10H,3-4H2,1-2H3,(H,14,15). The van der Waals surface area contributed by atoms with Gasteiger partial charge >= 0.3 is 0 Å². The Bertz CT molecular complexity index is 460. The first-order valence-corrected chi connectivity index (χ1v) is 5.72. The predicted molar refractivity (Wildman–Crippen MR) is 67.1 cm³/mol. The van der Waals surface area contributed by atoms with Gasteiger partial charge in [-0.3, -0.25) is 4.57 Å². The fourth-order valence-corrected chi connectivity index (χ4v) is 1.83. The van der Waals surface area contributed by atoms with Gasteiger partial charge in [0.2, 0.25) is 5.95 Å². The van der Waals surface area contributed by atoms with E-state index in [-0.39, 0.29) is 0 Å². The zero-order valence-corrected chi connectivity index (χ0v) is 9.77. The van der Waals surface area contributed by atoms with Crippen LogP contribution in [-0.4, -0.2) is 16.1 Å². The molecule has 1 aromatic heterocycles. The molecule has 84 valence electrons. The second kappa shape index (κ2) is 4.84. The minimum Gasteiger partial charge on any atom is -0.356 e. The first kappa shape index (κ1) is 10.7. The summed E-state index contributed by atoms with van der Waals surface area (Å²) in [7, 11) is 0. The lowest BCUT2D eigenvalue weighted by Gasteiger charge is -2.12. The summed E-state index contributed by atoms with van der Waals surface area (Å²) in [5.41, 5.74) is 2.54. The number of aryl methyl sites for hydroxylation is 1.